The van der Waals surface area contributed by atoms with Crippen molar-refractivity contribution in [2.45, 2.75) is 32.2 Å². The summed E-state index contributed by atoms with van der Waals surface area (Å²) < 4.78 is 5.62. The fourth-order valence-corrected chi connectivity index (χ4v) is 1.80. The third-order valence-electron chi connectivity index (χ3n) is 2.54. The number of benzene rings is 1. The van der Waals surface area contributed by atoms with E-state index in [9.17, 15) is 0 Å². The lowest BCUT2D eigenvalue weighted by Gasteiger charge is -2.08. The molecule has 0 unspecified atom stereocenters. The van der Waals surface area contributed by atoms with Crippen molar-refractivity contribution in [1.82, 2.24) is 0 Å². The Balaban J connectivity index is 2.29. The second kappa shape index (κ2) is 8.15. The van der Waals surface area contributed by atoms with Crippen LogP contribution in [0.4, 0.5) is 0 Å². The number of nitrogens with two attached hydrogens (primary N) is 1. The van der Waals surface area contributed by atoms with Crippen molar-refractivity contribution in [1.29, 1.82) is 0 Å². The molecule has 0 spiro atoms. The van der Waals surface area contributed by atoms with Crippen LogP contribution in [0.1, 0.15) is 31.2 Å². The Hall–Kier alpha value is -0.990. The highest BCUT2D eigenvalue weighted by molar-refractivity contribution is 6.32. The highest BCUT2D eigenvalue weighted by atomic mass is 35.5. The molecule has 94 valence electrons. The van der Waals surface area contributed by atoms with Gasteiger partial charge in [-0.3, -0.25) is 0 Å². The van der Waals surface area contributed by atoms with E-state index in [4.69, 9.17) is 22.1 Å². The third-order valence-corrected chi connectivity index (χ3v) is 2.84. The molecule has 0 fully saturated rings. The lowest BCUT2D eigenvalue weighted by molar-refractivity contribution is 0.305. The van der Waals surface area contributed by atoms with Gasteiger partial charge in [-0.2, -0.15) is 0 Å². The average molecular weight is 254 g/mol. The predicted octanol–water partition coefficient (Wildman–Crippen LogP) is 3.92. The number of hydrogen-bond donors (Lipinski definition) is 1. The molecule has 0 aliphatic carbocycles. The Morgan fingerprint density at radius 2 is 2.12 bits per heavy atom. The van der Waals surface area contributed by atoms with Crippen molar-refractivity contribution in [3.05, 3.63) is 41.4 Å². The average Bonchev–Trinajstić information content (AvgIpc) is 2.35. The maximum Gasteiger partial charge on any atom is 0.137 e. The molecule has 1 aromatic carbocycles. The monoisotopic (exact) mass is 253 g/mol. The van der Waals surface area contributed by atoms with Gasteiger partial charge >= 0.3 is 0 Å². The van der Waals surface area contributed by atoms with Gasteiger partial charge in [-0.05, 0) is 43.4 Å². The van der Waals surface area contributed by atoms with E-state index in [0.717, 1.165) is 30.6 Å². The van der Waals surface area contributed by atoms with E-state index in [0.29, 0.717) is 18.2 Å². The summed E-state index contributed by atoms with van der Waals surface area (Å²) >= 11 is 6.08. The molecule has 3 heteroatoms. The Bertz CT molecular complexity index is 352. The van der Waals surface area contributed by atoms with Gasteiger partial charge in [0, 0.05) is 6.54 Å². The smallest absolute Gasteiger partial charge is 0.137 e. The van der Waals surface area contributed by atoms with Gasteiger partial charge in [-0.1, -0.05) is 23.7 Å². The van der Waals surface area contributed by atoms with Crippen LogP contribution in [-0.4, -0.2) is 6.61 Å². The van der Waals surface area contributed by atoms with Gasteiger partial charge in [0.1, 0.15) is 5.75 Å². The van der Waals surface area contributed by atoms with E-state index in [1.165, 1.54) is 6.42 Å². The largest absolute Gasteiger partial charge is 0.492 e. The van der Waals surface area contributed by atoms with Crippen molar-refractivity contribution >= 4 is 11.6 Å². The number of rotatable bonds is 8. The topological polar surface area (TPSA) is 35.2 Å². The van der Waals surface area contributed by atoms with Gasteiger partial charge < -0.3 is 10.5 Å². The lowest BCUT2D eigenvalue weighted by Crippen LogP contribution is -2.00. The van der Waals surface area contributed by atoms with Gasteiger partial charge in [-0.25, -0.2) is 0 Å². The first-order valence-electron chi connectivity index (χ1n) is 6.00. The minimum Gasteiger partial charge on any atom is -0.492 e. The molecular weight excluding hydrogens is 234 g/mol. The van der Waals surface area contributed by atoms with Crippen LogP contribution in [0.15, 0.2) is 30.9 Å². The lowest BCUT2D eigenvalue weighted by atomic mass is 10.2. The Morgan fingerprint density at radius 1 is 1.29 bits per heavy atom. The molecule has 0 heterocycles. The van der Waals surface area contributed by atoms with Crippen molar-refractivity contribution in [2.24, 2.45) is 5.73 Å². The summed E-state index contributed by atoms with van der Waals surface area (Å²) in [5.74, 6) is 0.743. The van der Waals surface area contributed by atoms with Crippen LogP contribution in [0.5, 0.6) is 5.75 Å². The Kier molecular flexibility index (Phi) is 6.75. The number of unbranched alkanes of at least 4 members (excludes halogenated alkanes) is 3. The minimum atomic E-state index is 0.502. The van der Waals surface area contributed by atoms with Crippen molar-refractivity contribution < 1.29 is 4.74 Å². The molecule has 1 rings (SSSR count). The van der Waals surface area contributed by atoms with Gasteiger partial charge in [0.2, 0.25) is 0 Å². The summed E-state index contributed by atoms with van der Waals surface area (Å²) in [4.78, 5) is 0. The van der Waals surface area contributed by atoms with Crippen LogP contribution in [-0.2, 0) is 6.54 Å². The molecule has 0 saturated heterocycles. The van der Waals surface area contributed by atoms with E-state index in [2.05, 4.69) is 6.58 Å². The molecule has 0 aliphatic rings. The van der Waals surface area contributed by atoms with E-state index in [-0.39, 0.29) is 0 Å². The zero-order valence-corrected chi connectivity index (χ0v) is 10.9. The second-order valence-electron chi connectivity index (χ2n) is 3.96. The van der Waals surface area contributed by atoms with Crippen LogP contribution in [0, 0.1) is 0 Å². The van der Waals surface area contributed by atoms with E-state index in [1.54, 1.807) is 0 Å². The zero-order chi connectivity index (χ0) is 12.5. The number of ether oxygens (including phenoxy) is 1. The van der Waals surface area contributed by atoms with Crippen molar-refractivity contribution in [2.75, 3.05) is 6.61 Å². The molecule has 1 aromatic rings. The first-order valence-corrected chi connectivity index (χ1v) is 6.38. The molecule has 17 heavy (non-hydrogen) atoms. The Morgan fingerprint density at radius 3 is 2.76 bits per heavy atom. The van der Waals surface area contributed by atoms with Crippen LogP contribution in [0.2, 0.25) is 5.02 Å². The van der Waals surface area contributed by atoms with E-state index >= 15 is 0 Å². The van der Waals surface area contributed by atoms with Gasteiger partial charge in [0.05, 0.1) is 11.6 Å². The highest BCUT2D eigenvalue weighted by Gasteiger charge is 2.02. The summed E-state index contributed by atoms with van der Waals surface area (Å²) in [5, 5.41) is 0.638. The molecule has 0 aromatic heterocycles. The SMILES string of the molecule is C=CCCCCCOc1ccc(CN)cc1Cl. The van der Waals surface area contributed by atoms with Crippen LogP contribution < -0.4 is 10.5 Å². The highest BCUT2D eigenvalue weighted by Crippen LogP contribution is 2.25. The molecule has 0 atom stereocenters. The van der Waals surface area contributed by atoms with Gasteiger partial charge in [-0.15, -0.1) is 6.58 Å². The molecule has 0 bridgehead atoms. The number of hydrogen-bond acceptors (Lipinski definition) is 2. The van der Waals surface area contributed by atoms with E-state index in [1.807, 2.05) is 24.3 Å². The fraction of sp³-hybridized carbons (Fsp3) is 0.429. The number of allylic oxidation sites excluding steroid dienone is 1. The van der Waals surface area contributed by atoms with Crippen LogP contribution >= 0.6 is 11.6 Å². The number of halogens is 1. The zero-order valence-electron chi connectivity index (χ0n) is 10.1. The van der Waals surface area contributed by atoms with Gasteiger partial charge in [0.15, 0.2) is 0 Å². The second-order valence-corrected chi connectivity index (χ2v) is 4.36. The van der Waals surface area contributed by atoms with Crippen LogP contribution in [0.3, 0.4) is 0 Å². The normalized spacial score (nSPS) is 10.2. The maximum absolute atomic E-state index is 6.08. The quantitative estimate of drug-likeness (QED) is 0.563. The Labute approximate surface area is 108 Å². The molecule has 0 saturated carbocycles. The predicted molar refractivity (Wildman–Crippen MR) is 73.5 cm³/mol. The maximum atomic E-state index is 6.08. The molecule has 0 amide bonds. The first kappa shape index (κ1) is 14.1. The van der Waals surface area contributed by atoms with Crippen molar-refractivity contribution in [3.8, 4) is 5.75 Å². The molecule has 0 aliphatic heterocycles. The molecule has 0 radical (unpaired) electrons. The van der Waals surface area contributed by atoms with E-state index < -0.39 is 0 Å². The summed E-state index contributed by atoms with van der Waals surface area (Å²) in [7, 11) is 0. The molecule has 2 nitrogen and oxygen atoms in total. The summed E-state index contributed by atoms with van der Waals surface area (Å²) in [5.41, 5.74) is 6.55. The molecular formula is C14H20ClNO. The summed E-state index contributed by atoms with van der Waals surface area (Å²) in [6.07, 6.45) is 6.40. The minimum absolute atomic E-state index is 0.502. The van der Waals surface area contributed by atoms with Crippen molar-refractivity contribution in [3.63, 3.8) is 0 Å². The summed E-state index contributed by atoms with van der Waals surface area (Å²) in [6.45, 7) is 4.90. The molecule has 2 N–H and O–H groups in total. The summed E-state index contributed by atoms with van der Waals surface area (Å²) in [6, 6.07) is 5.68. The third kappa shape index (κ3) is 5.24. The first-order chi connectivity index (χ1) is 8.27. The fourth-order valence-electron chi connectivity index (χ4n) is 1.54. The van der Waals surface area contributed by atoms with Gasteiger partial charge in [0.25, 0.3) is 0 Å². The van der Waals surface area contributed by atoms with Crippen LogP contribution in [0.25, 0.3) is 0 Å². The standard InChI is InChI=1S/C14H20ClNO/c1-2-3-4-5-6-9-17-14-8-7-12(11-16)10-13(14)15/h2,7-8,10H,1,3-6,9,11,16H2.